The van der Waals surface area contributed by atoms with Crippen LogP contribution in [0.25, 0.3) is 0 Å². The minimum Gasteiger partial charge on any atom is -0.0882 e. The molecule has 0 spiro atoms. The number of rotatable bonds is 7. The Hall–Kier alpha value is -0.520. The lowest BCUT2D eigenvalue weighted by Crippen LogP contribution is -1.81. The van der Waals surface area contributed by atoms with Crippen molar-refractivity contribution in [2.24, 2.45) is 5.92 Å². The normalized spacial score (nSPS) is 14.4. The van der Waals surface area contributed by atoms with Gasteiger partial charge in [-0.2, -0.15) is 0 Å². The zero-order chi connectivity index (χ0) is 9.94. The Labute approximate surface area is 83.7 Å². The molecule has 0 N–H and O–H groups in total. The molecule has 0 aromatic carbocycles. The van der Waals surface area contributed by atoms with Gasteiger partial charge in [0.25, 0.3) is 0 Å². The van der Waals surface area contributed by atoms with Gasteiger partial charge in [-0.1, -0.05) is 57.9 Å². The molecule has 0 aromatic heterocycles. The second-order valence-corrected chi connectivity index (χ2v) is 3.62. The molecule has 13 heavy (non-hydrogen) atoms. The van der Waals surface area contributed by atoms with Gasteiger partial charge < -0.3 is 0 Å². The Morgan fingerprint density at radius 1 is 1.00 bits per heavy atom. The van der Waals surface area contributed by atoms with Crippen LogP contribution < -0.4 is 0 Å². The van der Waals surface area contributed by atoms with E-state index in [2.05, 4.69) is 45.1 Å². The molecule has 0 saturated heterocycles. The fraction of sp³-hybridized carbons (Fsp3) is 0.692. The van der Waals surface area contributed by atoms with Crippen molar-refractivity contribution in [3.05, 3.63) is 24.3 Å². The quantitative estimate of drug-likeness (QED) is 0.392. The Balaban J connectivity index is 3.41. The second-order valence-electron chi connectivity index (χ2n) is 3.62. The predicted molar refractivity (Wildman–Crippen MR) is 61.9 cm³/mol. The number of hydrogen-bond acceptors (Lipinski definition) is 0. The van der Waals surface area contributed by atoms with Gasteiger partial charge in [0.05, 0.1) is 0 Å². The van der Waals surface area contributed by atoms with Gasteiger partial charge >= 0.3 is 0 Å². The summed E-state index contributed by atoms with van der Waals surface area (Å²) in [4.78, 5) is 0. The summed E-state index contributed by atoms with van der Waals surface area (Å²) in [7, 11) is 0. The summed E-state index contributed by atoms with van der Waals surface area (Å²) in [5.74, 6) is 0.613. The molecule has 1 unspecified atom stereocenters. The highest BCUT2D eigenvalue weighted by Crippen LogP contribution is 2.04. The third kappa shape index (κ3) is 9.39. The summed E-state index contributed by atoms with van der Waals surface area (Å²) < 4.78 is 0. The molecule has 76 valence electrons. The zero-order valence-electron chi connectivity index (χ0n) is 9.42. The zero-order valence-corrected chi connectivity index (χ0v) is 9.42. The lowest BCUT2D eigenvalue weighted by atomic mass is 10.1. The van der Waals surface area contributed by atoms with Crippen molar-refractivity contribution in [2.75, 3.05) is 0 Å². The Morgan fingerprint density at radius 2 is 1.69 bits per heavy atom. The molecule has 0 radical (unpaired) electrons. The molecule has 0 amide bonds. The maximum absolute atomic E-state index is 2.32. The molecule has 1 atom stereocenters. The van der Waals surface area contributed by atoms with Crippen LogP contribution in [0.5, 0.6) is 0 Å². The van der Waals surface area contributed by atoms with Crippen molar-refractivity contribution in [3.8, 4) is 0 Å². The third-order valence-electron chi connectivity index (χ3n) is 2.09. The summed E-state index contributed by atoms with van der Waals surface area (Å²) in [6.07, 6.45) is 15.6. The minimum absolute atomic E-state index is 0.613. The van der Waals surface area contributed by atoms with Gasteiger partial charge in [-0.05, 0) is 25.2 Å². The molecule has 0 nitrogen and oxygen atoms in total. The van der Waals surface area contributed by atoms with E-state index in [0.717, 1.165) is 6.42 Å². The lowest BCUT2D eigenvalue weighted by Gasteiger charge is -1.97. The van der Waals surface area contributed by atoms with Crippen LogP contribution in [0.15, 0.2) is 24.3 Å². The topological polar surface area (TPSA) is 0 Å². The van der Waals surface area contributed by atoms with Crippen molar-refractivity contribution in [3.63, 3.8) is 0 Å². The van der Waals surface area contributed by atoms with Crippen molar-refractivity contribution >= 4 is 0 Å². The SMILES string of the molecule is CC/C=C\C(C)C=CCCCCC. The van der Waals surface area contributed by atoms with E-state index in [4.69, 9.17) is 0 Å². The van der Waals surface area contributed by atoms with Crippen LogP contribution in [0.1, 0.15) is 52.9 Å². The van der Waals surface area contributed by atoms with E-state index in [0.29, 0.717) is 5.92 Å². The summed E-state index contributed by atoms with van der Waals surface area (Å²) in [5.41, 5.74) is 0. The monoisotopic (exact) mass is 180 g/mol. The van der Waals surface area contributed by atoms with Crippen molar-refractivity contribution in [1.82, 2.24) is 0 Å². The van der Waals surface area contributed by atoms with Crippen molar-refractivity contribution in [2.45, 2.75) is 52.9 Å². The molecular formula is C13H24. The number of allylic oxidation sites excluding steroid dienone is 4. The van der Waals surface area contributed by atoms with E-state index in [1.54, 1.807) is 0 Å². The second kappa shape index (κ2) is 9.57. The highest BCUT2D eigenvalue weighted by atomic mass is 13.9. The molecule has 0 heterocycles. The Kier molecular flexibility index (Phi) is 9.18. The smallest absolute Gasteiger partial charge is 0.00819 e. The fourth-order valence-electron chi connectivity index (χ4n) is 1.24. The predicted octanol–water partition coefficient (Wildman–Crippen LogP) is 4.73. The third-order valence-corrected chi connectivity index (χ3v) is 2.09. The van der Waals surface area contributed by atoms with Crippen LogP contribution in [0.3, 0.4) is 0 Å². The Bertz CT molecular complexity index is 142. The largest absolute Gasteiger partial charge is 0.0882 e. The molecule has 0 fully saturated rings. The average Bonchev–Trinajstić information content (AvgIpc) is 2.14. The maximum Gasteiger partial charge on any atom is -0.00819 e. The van der Waals surface area contributed by atoms with Gasteiger partial charge in [0.15, 0.2) is 0 Å². The van der Waals surface area contributed by atoms with Gasteiger partial charge in [0.2, 0.25) is 0 Å². The van der Waals surface area contributed by atoms with Crippen LogP contribution >= 0.6 is 0 Å². The molecule has 0 saturated carbocycles. The van der Waals surface area contributed by atoms with E-state index in [-0.39, 0.29) is 0 Å². The first-order chi connectivity index (χ1) is 6.31. The first-order valence-corrected chi connectivity index (χ1v) is 5.64. The highest BCUT2D eigenvalue weighted by molar-refractivity contribution is 4.98. The van der Waals surface area contributed by atoms with Crippen LogP contribution in [-0.4, -0.2) is 0 Å². The van der Waals surface area contributed by atoms with E-state index in [9.17, 15) is 0 Å². The summed E-state index contributed by atoms with van der Waals surface area (Å²) in [6.45, 7) is 6.66. The summed E-state index contributed by atoms with van der Waals surface area (Å²) in [5, 5.41) is 0. The lowest BCUT2D eigenvalue weighted by molar-refractivity contribution is 0.726. The maximum atomic E-state index is 2.32. The standard InChI is InChI=1S/C13H24/c1-4-6-8-9-10-12-13(3)11-7-5-2/h7,10-13H,4-6,8-9H2,1-3H3/b11-7-,12-10?. The molecule has 0 bridgehead atoms. The van der Waals surface area contributed by atoms with E-state index in [1.807, 2.05) is 0 Å². The van der Waals surface area contributed by atoms with Crippen LogP contribution in [0.2, 0.25) is 0 Å². The van der Waals surface area contributed by atoms with Gasteiger partial charge in [0, 0.05) is 0 Å². The van der Waals surface area contributed by atoms with Gasteiger partial charge in [-0.15, -0.1) is 0 Å². The fourth-order valence-corrected chi connectivity index (χ4v) is 1.24. The van der Waals surface area contributed by atoms with Crippen LogP contribution in [0.4, 0.5) is 0 Å². The summed E-state index contributed by atoms with van der Waals surface area (Å²) in [6, 6.07) is 0. The van der Waals surface area contributed by atoms with Gasteiger partial charge in [-0.25, -0.2) is 0 Å². The summed E-state index contributed by atoms with van der Waals surface area (Å²) >= 11 is 0. The minimum atomic E-state index is 0.613. The molecule has 0 aliphatic heterocycles. The first-order valence-electron chi connectivity index (χ1n) is 5.64. The molecule has 0 aromatic rings. The van der Waals surface area contributed by atoms with Gasteiger partial charge in [-0.3, -0.25) is 0 Å². The number of unbranched alkanes of at least 4 members (excludes halogenated alkanes) is 3. The van der Waals surface area contributed by atoms with Crippen molar-refractivity contribution in [1.29, 1.82) is 0 Å². The Morgan fingerprint density at radius 3 is 2.31 bits per heavy atom. The molecule has 0 aliphatic rings. The molecule has 0 heteroatoms. The molecule has 0 aliphatic carbocycles. The van der Waals surface area contributed by atoms with Crippen LogP contribution in [-0.2, 0) is 0 Å². The average molecular weight is 180 g/mol. The number of hydrogen-bond donors (Lipinski definition) is 0. The van der Waals surface area contributed by atoms with E-state index >= 15 is 0 Å². The molecular weight excluding hydrogens is 156 g/mol. The van der Waals surface area contributed by atoms with Crippen molar-refractivity contribution < 1.29 is 0 Å². The highest BCUT2D eigenvalue weighted by Gasteiger charge is 1.87. The first kappa shape index (κ1) is 12.5. The van der Waals surface area contributed by atoms with Gasteiger partial charge in [0.1, 0.15) is 0 Å². The van der Waals surface area contributed by atoms with E-state index < -0.39 is 0 Å². The van der Waals surface area contributed by atoms with E-state index in [1.165, 1.54) is 25.7 Å². The van der Waals surface area contributed by atoms with Crippen LogP contribution in [0, 0.1) is 5.92 Å². The molecule has 0 rings (SSSR count).